The molecule has 0 bridgehead atoms. The van der Waals surface area contributed by atoms with E-state index in [2.05, 4.69) is 61.4 Å². The molecule has 1 heterocycles. The first-order chi connectivity index (χ1) is 15.0. The summed E-state index contributed by atoms with van der Waals surface area (Å²) in [5.41, 5.74) is 2.28. The molecule has 1 fully saturated rings. The number of nitrogens with one attached hydrogen (secondary N) is 2. The maximum Gasteiger partial charge on any atom is 0.191 e. The lowest BCUT2D eigenvalue weighted by molar-refractivity contribution is 0.00752. The topological polar surface area (TPSA) is 67.4 Å². The number of rotatable bonds is 12. The number of aryl methyl sites for hydroxylation is 1. The van der Waals surface area contributed by atoms with Crippen molar-refractivity contribution in [3.05, 3.63) is 29.3 Å². The minimum Gasteiger partial charge on any atom is -0.493 e. The molecule has 7 nitrogen and oxygen atoms in total. The van der Waals surface area contributed by atoms with Crippen LogP contribution in [0.1, 0.15) is 38.3 Å². The van der Waals surface area contributed by atoms with Crippen LogP contribution in [0, 0.1) is 12.8 Å². The predicted molar refractivity (Wildman–Crippen MR) is 142 cm³/mol. The van der Waals surface area contributed by atoms with E-state index < -0.39 is 0 Å². The van der Waals surface area contributed by atoms with Crippen LogP contribution in [0.25, 0.3) is 0 Å². The third-order valence-electron chi connectivity index (χ3n) is 5.49. The van der Waals surface area contributed by atoms with Gasteiger partial charge < -0.3 is 24.8 Å². The van der Waals surface area contributed by atoms with Crippen LogP contribution in [0.3, 0.4) is 0 Å². The highest BCUT2D eigenvalue weighted by Crippen LogP contribution is 2.21. The van der Waals surface area contributed by atoms with E-state index >= 15 is 0 Å². The fourth-order valence-corrected chi connectivity index (χ4v) is 3.71. The van der Waals surface area contributed by atoms with Crippen LogP contribution >= 0.6 is 24.0 Å². The van der Waals surface area contributed by atoms with Gasteiger partial charge >= 0.3 is 0 Å². The molecule has 0 spiro atoms. The van der Waals surface area contributed by atoms with E-state index in [9.17, 15) is 0 Å². The summed E-state index contributed by atoms with van der Waals surface area (Å²) >= 11 is 0. The van der Waals surface area contributed by atoms with Gasteiger partial charge in [0.05, 0.1) is 26.4 Å². The molecule has 1 aromatic carbocycles. The molecule has 1 saturated heterocycles. The lowest BCUT2D eigenvalue weighted by atomic mass is 10.0. The monoisotopic (exact) mass is 562 g/mol. The fraction of sp³-hybridized carbons (Fsp3) is 0.708. The summed E-state index contributed by atoms with van der Waals surface area (Å²) in [5, 5.41) is 6.94. The Labute approximate surface area is 211 Å². The SMILES string of the molecule is CCNC(=NCc1ccc(C)cc1OCCCOC)NCC(C(C)C)N1CCOCC1.I. The van der Waals surface area contributed by atoms with Crippen LogP contribution in [-0.4, -0.2) is 76.6 Å². The number of guanidine groups is 1. The highest BCUT2D eigenvalue weighted by Gasteiger charge is 2.23. The van der Waals surface area contributed by atoms with Crippen molar-refractivity contribution in [1.82, 2.24) is 15.5 Å². The second kappa shape index (κ2) is 16.5. The highest BCUT2D eigenvalue weighted by atomic mass is 127. The summed E-state index contributed by atoms with van der Waals surface area (Å²) in [5.74, 6) is 2.30. The summed E-state index contributed by atoms with van der Waals surface area (Å²) in [6.07, 6.45) is 0.871. The van der Waals surface area contributed by atoms with Crippen LogP contribution < -0.4 is 15.4 Å². The lowest BCUT2D eigenvalue weighted by Crippen LogP contribution is -2.52. The van der Waals surface area contributed by atoms with Crippen molar-refractivity contribution < 1.29 is 14.2 Å². The Kier molecular flexibility index (Phi) is 14.9. The number of methoxy groups -OCH3 is 1. The van der Waals surface area contributed by atoms with Crippen LogP contribution in [0.15, 0.2) is 23.2 Å². The zero-order valence-electron chi connectivity index (χ0n) is 20.5. The van der Waals surface area contributed by atoms with Crippen LogP contribution in [0.2, 0.25) is 0 Å². The minimum absolute atomic E-state index is 0. The minimum atomic E-state index is 0. The first-order valence-electron chi connectivity index (χ1n) is 11.6. The molecule has 0 saturated carbocycles. The van der Waals surface area contributed by atoms with Gasteiger partial charge in [-0.1, -0.05) is 26.0 Å². The van der Waals surface area contributed by atoms with Crippen molar-refractivity contribution in [2.45, 2.75) is 46.7 Å². The summed E-state index contributed by atoms with van der Waals surface area (Å²) in [4.78, 5) is 7.37. The van der Waals surface area contributed by atoms with Crippen LogP contribution in [0.4, 0.5) is 0 Å². The zero-order chi connectivity index (χ0) is 22.5. The molecule has 2 N–H and O–H groups in total. The molecule has 0 amide bonds. The summed E-state index contributed by atoms with van der Waals surface area (Å²) < 4.78 is 16.7. The number of benzene rings is 1. The molecule has 2 rings (SSSR count). The average Bonchev–Trinajstić information content (AvgIpc) is 2.76. The number of morpholine rings is 1. The average molecular weight is 563 g/mol. The number of hydrogen-bond donors (Lipinski definition) is 2. The Hall–Kier alpha value is -1.10. The number of ether oxygens (including phenoxy) is 3. The predicted octanol–water partition coefficient (Wildman–Crippen LogP) is 3.44. The zero-order valence-corrected chi connectivity index (χ0v) is 22.8. The Bertz CT molecular complexity index is 667. The first-order valence-corrected chi connectivity index (χ1v) is 11.6. The standard InChI is InChI=1S/C24H42N4O3.HI/c1-6-25-24(27-18-22(19(2)3)28-10-14-30-15-11-28)26-17-21-9-8-20(4)16-23(21)31-13-7-12-29-5;/h8-9,16,19,22H,6-7,10-15,17-18H2,1-5H3,(H2,25,26,27);1H. The van der Waals surface area contributed by atoms with Gasteiger partial charge in [-0.3, -0.25) is 4.90 Å². The smallest absolute Gasteiger partial charge is 0.191 e. The van der Waals surface area contributed by atoms with E-state index in [0.29, 0.717) is 31.7 Å². The molecule has 1 aliphatic rings. The molecule has 1 aromatic rings. The molecule has 0 aliphatic carbocycles. The Balaban J connectivity index is 0.00000512. The van der Waals surface area contributed by atoms with Crippen molar-refractivity contribution in [3.63, 3.8) is 0 Å². The van der Waals surface area contributed by atoms with Crippen LogP contribution in [-0.2, 0) is 16.0 Å². The first kappa shape index (κ1) is 28.9. The molecule has 8 heteroatoms. The van der Waals surface area contributed by atoms with Crippen molar-refractivity contribution in [1.29, 1.82) is 0 Å². The van der Waals surface area contributed by atoms with E-state index in [1.54, 1.807) is 7.11 Å². The number of halogens is 1. The molecule has 1 unspecified atom stereocenters. The maximum absolute atomic E-state index is 6.01. The fourth-order valence-electron chi connectivity index (χ4n) is 3.71. The van der Waals surface area contributed by atoms with Gasteiger partial charge in [0.25, 0.3) is 0 Å². The van der Waals surface area contributed by atoms with Crippen molar-refractivity contribution in [2.24, 2.45) is 10.9 Å². The molecule has 1 aliphatic heterocycles. The molecule has 1 atom stereocenters. The van der Waals surface area contributed by atoms with E-state index in [4.69, 9.17) is 19.2 Å². The van der Waals surface area contributed by atoms with E-state index in [1.807, 2.05) is 0 Å². The van der Waals surface area contributed by atoms with Gasteiger partial charge in [-0.2, -0.15) is 0 Å². The maximum atomic E-state index is 6.01. The van der Waals surface area contributed by atoms with E-state index in [0.717, 1.165) is 63.1 Å². The van der Waals surface area contributed by atoms with Gasteiger partial charge in [0, 0.05) is 57.9 Å². The van der Waals surface area contributed by atoms with Crippen molar-refractivity contribution >= 4 is 29.9 Å². The highest BCUT2D eigenvalue weighted by molar-refractivity contribution is 14.0. The van der Waals surface area contributed by atoms with Gasteiger partial charge in [0.2, 0.25) is 0 Å². The molecular formula is C24H43IN4O3. The Morgan fingerprint density at radius 2 is 1.94 bits per heavy atom. The van der Waals surface area contributed by atoms with Gasteiger partial charge in [-0.05, 0) is 31.4 Å². The second-order valence-corrected chi connectivity index (χ2v) is 8.34. The van der Waals surface area contributed by atoms with E-state index in [1.165, 1.54) is 5.56 Å². The van der Waals surface area contributed by atoms with Crippen molar-refractivity contribution in [3.8, 4) is 5.75 Å². The van der Waals surface area contributed by atoms with Gasteiger partial charge in [-0.25, -0.2) is 4.99 Å². The normalized spacial score (nSPS) is 15.9. The molecular weight excluding hydrogens is 519 g/mol. The van der Waals surface area contributed by atoms with Crippen LogP contribution in [0.5, 0.6) is 5.75 Å². The third kappa shape index (κ3) is 10.2. The second-order valence-electron chi connectivity index (χ2n) is 8.34. The van der Waals surface area contributed by atoms with Gasteiger partial charge in [0.15, 0.2) is 5.96 Å². The molecule has 184 valence electrons. The number of nitrogens with zero attached hydrogens (tertiary/aromatic N) is 2. The summed E-state index contributed by atoms with van der Waals surface area (Å²) in [7, 11) is 1.71. The molecule has 0 radical (unpaired) electrons. The lowest BCUT2D eigenvalue weighted by Gasteiger charge is -2.37. The van der Waals surface area contributed by atoms with Crippen molar-refractivity contribution in [2.75, 3.05) is 59.7 Å². The number of hydrogen-bond acceptors (Lipinski definition) is 5. The molecule has 32 heavy (non-hydrogen) atoms. The molecule has 0 aromatic heterocycles. The Morgan fingerprint density at radius 1 is 1.19 bits per heavy atom. The summed E-state index contributed by atoms with van der Waals surface area (Å²) in [6, 6.07) is 6.76. The van der Waals surface area contributed by atoms with Gasteiger partial charge in [0.1, 0.15) is 5.75 Å². The third-order valence-corrected chi connectivity index (χ3v) is 5.49. The van der Waals surface area contributed by atoms with Gasteiger partial charge in [-0.15, -0.1) is 24.0 Å². The Morgan fingerprint density at radius 3 is 2.59 bits per heavy atom. The summed E-state index contributed by atoms with van der Waals surface area (Å²) in [6.45, 7) is 16.0. The van der Waals surface area contributed by atoms with E-state index in [-0.39, 0.29) is 24.0 Å². The quantitative estimate of drug-likeness (QED) is 0.176. The number of aliphatic imine (C=N–C) groups is 1. The largest absolute Gasteiger partial charge is 0.493 e.